The Kier molecular flexibility index (Phi) is 20.2. The van der Waals surface area contributed by atoms with E-state index < -0.39 is 15.9 Å². The van der Waals surface area contributed by atoms with Gasteiger partial charge in [0.25, 0.3) is 5.97 Å². The molecule has 0 aromatic rings. The molecule has 0 heterocycles. The monoisotopic (exact) mass is 370 g/mol. The molecule has 3 nitrogen and oxygen atoms in total. The van der Waals surface area contributed by atoms with Crippen LogP contribution in [0.25, 0.3) is 0 Å². The van der Waals surface area contributed by atoms with E-state index in [1.54, 1.807) is 0 Å². The fourth-order valence-electron chi connectivity index (χ4n) is 2.95. The smallest absolute Gasteiger partial charge is 0.598 e. The highest BCUT2D eigenvalue weighted by atomic mass is 27.2. The van der Waals surface area contributed by atoms with Crippen molar-refractivity contribution in [2.75, 3.05) is 0 Å². The third-order valence-corrected chi connectivity index (χ3v) is 5.85. The number of hydrogen-bond acceptors (Lipinski definition) is 3. The Morgan fingerprint density at radius 3 is 1.52 bits per heavy atom. The molecular formula is C21H43AlO3. The Morgan fingerprint density at radius 2 is 1.12 bits per heavy atom. The quantitative estimate of drug-likeness (QED) is 0.193. The first kappa shape index (κ1) is 25.0. The molecular weight excluding hydrogens is 327 g/mol. The van der Waals surface area contributed by atoms with E-state index in [4.69, 9.17) is 7.58 Å². The molecule has 0 fully saturated rings. The summed E-state index contributed by atoms with van der Waals surface area (Å²) < 4.78 is 10.5. The van der Waals surface area contributed by atoms with Crippen LogP contribution in [-0.2, 0) is 12.4 Å². The molecule has 0 spiro atoms. The van der Waals surface area contributed by atoms with Gasteiger partial charge in [0.2, 0.25) is 0 Å². The summed E-state index contributed by atoms with van der Waals surface area (Å²) in [7, 11) is 0. The molecule has 25 heavy (non-hydrogen) atoms. The van der Waals surface area contributed by atoms with Crippen molar-refractivity contribution in [3.8, 4) is 0 Å². The molecule has 0 aliphatic rings. The molecule has 0 atom stereocenters. The molecule has 0 aromatic heterocycles. The van der Waals surface area contributed by atoms with E-state index in [0.717, 1.165) is 12.8 Å². The molecule has 0 bridgehead atoms. The van der Waals surface area contributed by atoms with Crippen molar-refractivity contribution < 1.29 is 12.4 Å². The van der Waals surface area contributed by atoms with Crippen molar-refractivity contribution in [2.45, 2.75) is 130 Å². The van der Waals surface area contributed by atoms with E-state index in [0.29, 0.717) is 6.42 Å². The third kappa shape index (κ3) is 21.9. The number of carbonyl (C=O) groups is 1. The van der Waals surface area contributed by atoms with Gasteiger partial charge in [0.15, 0.2) is 0 Å². The van der Waals surface area contributed by atoms with Crippen molar-refractivity contribution in [3.05, 3.63) is 0 Å². The summed E-state index contributed by atoms with van der Waals surface area (Å²) in [4.78, 5) is 11.5. The van der Waals surface area contributed by atoms with Crippen LogP contribution in [0.2, 0.25) is 0 Å². The topological polar surface area (TPSA) is 35.5 Å². The van der Waals surface area contributed by atoms with Gasteiger partial charge in [-0.2, -0.15) is 0 Å². The average molecular weight is 371 g/mol. The van der Waals surface area contributed by atoms with Gasteiger partial charge >= 0.3 is 15.9 Å². The molecule has 0 aliphatic heterocycles. The van der Waals surface area contributed by atoms with Crippen molar-refractivity contribution in [2.24, 2.45) is 0 Å². The van der Waals surface area contributed by atoms with Crippen molar-refractivity contribution in [1.29, 1.82) is 0 Å². The average Bonchev–Trinajstić information content (AvgIpc) is 2.58. The van der Waals surface area contributed by atoms with Crippen molar-refractivity contribution >= 4 is 21.9 Å². The van der Waals surface area contributed by atoms with E-state index in [1.165, 1.54) is 83.5 Å². The van der Waals surface area contributed by atoms with Gasteiger partial charge in [0, 0.05) is 12.5 Å². The third-order valence-electron chi connectivity index (χ3n) is 4.61. The molecule has 0 aliphatic carbocycles. The molecule has 0 amide bonds. The van der Waals surface area contributed by atoms with E-state index in [1.807, 2.05) is 13.8 Å². The predicted octanol–water partition coefficient (Wildman–Crippen LogP) is 6.48. The second kappa shape index (κ2) is 20.3. The Hall–Kier alpha value is -0.0375. The Balaban J connectivity index is 3.10. The summed E-state index contributed by atoms with van der Waals surface area (Å²) in [5, 5.41) is 0. The SMILES string of the molecule is CCCCCCCCCCCCCCCCCC(=O)[O][AlH][O]C(C)C. The second-order valence-corrected chi connectivity index (χ2v) is 8.41. The zero-order chi connectivity index (χ0) is 18.6. The highest BCUT2D eigenvalue weighted by Crippen LogP contribution is 2.13. The lowest BCUT2D eigenvalue weighted by molar-refractivity contribution is -0.135. The summed E-state index contributed by atoms with van der Waals surface area (Å²) in [5.74, 6) is -0.0676. The number of hydrogen-bond donors (Lipinski definition) is 0. The Morgan fingerprint density at radius 1 is 0.720 bits per heavy atom. The number of unbranched alkanes of at least 4 members (excludes halogenated alkanes) is 14. The maximum absolute atomic E-state index is 11.5. The molecule has 0 radical (unpaired) electrons. The minimum Gasteiger partial charge on any atom is -0.598 e. The molecule has 0 saturated heterocycles. The highest BCUT2D eigenvalue weighted by molar-refractivity contribution is 6.22. The van der Waals surface area contributed by atoms with E-state index in [-0.39, 0.29) is 12.1 Å². The fraction of sp³-hybridized carbons (Fsp3) is 0.952. The van der Waals surface area contributed by atoms with Crippen LogP contribution in [0.5, 0.6) is 0 Å². The molecule has 4 heteroatoms. The minimum absolute atomic E-state index is 0.0676. The lowest BCUT2D eigenvalue weighted by Gasteiger charge is -2.08. The predicted molar refractivity (Wildman–Crippen MR) is 109 cm³/mol. The molecule has 0 saturated carbocycles. The highest BCUT2D eigenvalue weighted by Gasteiger charge is 2.07. The van der Waals surface area contributed by atoms with Gasteiger partial charge in [0.05, 0.1) is 0 Å². The van der Waals surface area contributed by atoms with Crippen LogP contribution in [-0.4, -0.2) is 28.0 Å². The van der Waals surface area contributed by atoms with Crippen LogP contribution in [0.3, 0.4) is 0 Å². The van der Waals surface area contributed by atoms with Gasteiger partial charge in [-0.3, -0.25) is 4.79 Å². The molecule has 0 rings (SSSR count). The standard InChI is InChI=1S/C18H36O2.C3H7O.Al.H/c1-2-3-4-5-6-7-8-9-10-11-12-13-14-15-16-17-18(19)20;1-3(2)4;;/h2-17H2,1H3,(H,19,20);3H,1-2H3;;/q;-1;+2;/p-1. The maximum Gasteiger partial charge on any atom is 0.742 e. The summed E-state index contributed by atoms with van der Waals surface area (Å²) in [6, 6.07) is 0. The number of rotatable bonds is 19. The first-order valence-electron chi connectivity index (χ1n) is 10.9. The van der Waals surface area contributed by atoms with E-state index in [2.05, 4.69) is 6.92 Å². The maximum atomic E-state index is 11.5. The van der Waals surface area contributed by atoms with Crippen LogP contribution < -0.4 is 0 Å². The number of carbonyl (C=O) groups excluding carboxylic acids is 1. The molecule has 0 unspecified atom stereocenters. The van der Waals surface area contributed by atoms with Gasteiger partial charge in [-0.25, -0.2) is 0 Å². The van der Waals surface area contributed by atoms with Crippen LogP contribution in [0.15, 0.2) is 0 Å². The molecule has 0 N–H and O–H groups in total. The first-order valence-corrected chi connectivity index (χ1v) is 12.1. The van der Waals surface area contributed by atoms with Gasteiger partial charge in [-0.1, -0.05) is 96.8 Å². The van der Waals surface area contributed by atoms with Gasteiger partial charge < -0.3 is 7.58 Å². The first-order chi connectivity index (χ1) is 12.2. The Labute approximate surface area is 164 Å². The summed E-state index contributed by atoms with van der Waals surface area (Å²) in [5.41, 5.74) is 0. The summed E-state index contributed by atoms with van der Waals surface area (Å²) in [6.45, 7) is 6.21. The van der Waals surface area contributed by atoms with Crippen LogP contribution >= 0.6 is 0 Å². The van der Waals surface area contributed by atoms with Crippen LogP contribution in [0, 0.1) is 0 Å². The lowest BCUT2D eigenvalue weighted by Crippen LogP contribution is -2.15. The van der Waals surface area contributed by atoms with Crippen molar-refractivity contribution in [1.82, 2.24) is 0 Å². The van der Waals surface area contributed by atoms with E-state index in [9.17, 15) is 4.79 Å². The zero-order valence-electron chi connectivity index (χ0n) is 17.3. The zero-order valence-corrected chi connectivity index (χ0v) is 18.7. The van der Waals surface area contributed by atoms with E-state index >= 15 is 0 Å². The molecule has 0 aromatic carbocycles. The lowest BCUT2D eigenvalue weighted by atomic mass is 10.0. The summed E-state index contributed by atoms with van der Waals surface area (Å²) in [6.07, 6.45) is 20.9. The fourth-order valence-corrected chi connectivity index (χ4v) is 3.56. The second-order valence-electron chi connectivity index (χ2n) is 7.55. The molecule has 148 valence electrons. The summed E-state index contributed by atoms with van der Waals surface area (Å²) >= 11 is -1.10. The van der Waals surface area contributed by atoms with Crippen LogP contribution in [0.4, 0.5) is 0 Å². The van der Waals surface area contributed by atoms with Gasteiger partial charge in [-0.15, -0.1) is 0 Å². The van der Waals surface area contributed by atoms with Crippen molar-refractivity contribution in [3.63, 3.8) is 0 Å². The largest absolute Gasteiger partial charge is 0.742 e. The Bertz CT molecular complexity index is 282. The van der Waals surface area contributed by atoms with Gasteiger partial charge in [-0.05, 0) is 20.3 Å². The minimum atomic E-state index is -1.10. The van der Waals surface area contributed by atoms with Crippen LogP contribution in [0.1, 0.15) is 124 Å². The normalized spacial score (nSPS) is 11.0. The van der Waals surface area contributed by atoms with Gasteiger partial charge in [0.1, 0.15) is 0 Å².